The number of hydrogen-bond donors (Lipinski definition) is 1. The smallest absolute Gasteiger partial charge is 0.244 e. The van der Waals surface area contributed by atoms with E-state index in [0.717, 1.165) is 5.69 Å². The Morgan fingerprint density at radius 3 is 2.76 bits per heavy atom. The molecule has 10 nitrogen and oxygen atoms in total. The summed E-state index contributed by atoms with van der Waals surface area (Å²) in [6.07, 6.45) is 1.54. The first-order valence-electron chi connectivity index (χ1n) is 10.2. The molecule has 0 bridgehead atoms. The minimum atomic E-state index is -3.81. The van der Waals surface area contributed by atoms with Crippen molar-refractivity contribution in [2.75, 3.05) is 44.5 Å². The molecule has 0 radical (unpaired) electrons. The normalized spacial score (nSPS) is 14.6. The number of ether oxygens (including phenoxy) is 2. The first-order valence-corrected chi connectivity index (χ1v) is 13.0. The number of carbonyl (C=O) groups excluding carboxylic acids is 1. The highest BCUT2D eigenvalue weighted by Crippen LogP contribution is 2.29. The van der Waals surface area contributed by atoms with Gasteiger partial charge in [-0.3, -0.25) is 9.36 Å². The summed E-state index contributed by atoms with van der Waals surface area (Å²) in [4.78, 5) is 12.5. The zero-order valence-corrected chi connectivity index (χ0v) is 20.6. The molecule has 0 atom stereocenters. The number of benzene rings is 2. The van der Waals surface area contributed by atoms with Crippen LogP contribution in [0.15, 0.2) is 58.8 Å². The Balaban J connectivity index is 1.45. The van der Waals surface area contributed by atoms with E-state index in [2.05, 4.69) is 15.5 Å². The third kappa shape index (κ3) is 5.36. The van der Waals surface area contributed by atoms with Crippen molar-refractivity contribution >= 4 is 45.0 Å². The molecule has 0 saturated carbocycles. The van der Waals surface area contributed by atoms with Gasteiger partial charge in [0.2, 0.25) is 15.9 Å². The molecular weight excluding hydrogens is 502 g/mol. The van der Waals surface area contributed by atoms with Crippen LogP contribution in [0.4, 0.5) is 5.69 Å². The predicted octanol–water partition coefficient (Wildman–Crippen LogP) is 2.68. The number of morpholine rings is 1. The predicted molar refractivity (Wildman–Crippen MR) is 128 cm³/mol. The van der Waals surface area contributed by atoms with E-state index in [0.29, 0.717) is 29.8 Å². The van der Waals surface area contributed by atoms with Crippen LogP contribution in [0.25, 0.3) is 5.69 Å². The van der Waals surface area contributed by atoms with Crippen LogP contribution in [0.5, 0.6) is 5.75 Å². The van der Waals surface area contributed by atoms with Crippen LogP contribution >= 0.6 is 23.4 Å². The van der Waals surface area contributed by atoms with Gasteiger partial charge in [-0.25, -0.2) is 8.42 Å². The molecule has 1 aliphatic heterocycles. The highest BCUT2D eigenvalue weighted by atomic mass is 35.5. The number of amides is 1. The molecule has 1 saturated heterocycles. The number of aromatic nitrogens is 3. The second-order valence-corrected chi connectivity index (χ2v) is 10.4. The number of nitrogens with zero attached hydrogens (tertiary/aromatic N) is 4. The van der Waals surface area contributed by atoms with Crippen molar-refractivity contribution in [3.63, 3.8) is 0 Å². The number of halogens is 1. The van der Waals surface area contributed by atoms with E-state index in [1.165, 1.54) is 28.2 Å². The standard InChI is InChI=1S/C21H22ClN5O5S2/c1-31-18-5-3-2-4-17(18)27-14-23-25-21(27)33-13-20(28)24-15-6-7-16(22)19(12-15)34(29,30)26-8-10-32-11-9-26/h2-7,12,14H,8-11,13H2,1H3,(H,24,28). The third-order valence-electron chi connectivity index (χ3n) is 5.00. The number of methoxy groups -OCH3 is 1. The Hall–Kier alpha value is -2.64. The zero-order valence-electron chi connectivity index (χ0n) is 18.2. The van der Waals surface area contributed by atoms with Crippen LogP contribution in [-0.4, -0.2) is 72.6 Å². The van der Waals surface area contributed by atoms with Crippen LogP contribution in [0.3, 0.4) is 0 Å². The molecule has 0 unspecified atom stereocenters. The second kappa shape index (κ2) is 10.7. The highest BCUT2D eigenvalue weighted by molar-refractivity contribution is 7.99. The van der Waals surface area contributed by atoms with E-state index >= 15 is 0 Å². The van der Waals surface area contributed by atoms with Gasteiger partial charge in [-0.1, -0.05) is 35.5 Å². The summed E-state index contributed by atoms with van der Waals surface area (Å²) in [5.74, 6) is 0.336. The minimum absolute atomic E-state index is 0.0298. The molecule has 34 heavy (non-hydrogen) atoms. The number of hydrogen-bond acceptors (Lipinski definition) is 8. The second-order valence-electron chi connectivity index (χ2n) is 7.15. The first-order chi connectivity index (χ1) is 16.4. The van der Waals surface area contributed by atoms with Crippen molar-refractivity contribution < 1.29 is 22.7 Å². The number of nitrogens with one attached hydrogen (secondary N) is 1. The number of carbonyl (C=O) groups is 1. The molecule has 1 N–H and O–H groups in total. The maximum Gasteiger partial charge on any atom is 0.244 e. The van der Waals surface area contributed by atoms with E-state index in [1.807, 2.05) is 24.3 Å². The van der Waals surface area contributed by atoms with Gasteiger partial charge < -0.3 is 14.8 Å². The Kier molecular flexibility index (Phi) is 7.73. The SMILES string of the molecule is COc1ccccc1-n1cnnc1SCC(=O)Nc1ccc(Cl)c(S(=O)(=O)N2CCOCC2)c1. The van der Waals surface area contributed by atoms with Crippen molar-refractivity contribution in [2.24, 2.45) is 0 Å². The van der Waals surface area contributed by atoms with Gasteiger partial charge in [-0.05, 0) is 30.3 Å². The summed E-state index contributed by atoms with van der Waals surface area (Å²) in [7, 11) is -2.24. The summed E-state index contributed by atoms with van der Waals surface area (Å²) >= 11 is 7.37. The molecule has 0 aliphatic carbocycles. The number of para-hydroxylation sites is 2. The molecule has 1 aromatic heterocycles. The summed E-state index contributed by atoms with van der Waals surface area (Å²) < 4.78 is 39.7. The van der Waals surface area contributed by atoms with Crippen LogP contribution in [0, 0.1) is 0 Å². The van der Waals surface area contributed by atoms with Gasteiger partial charge in [0.15, 0.2) is 5.16 Å². The van der Waals surface area contributed by atoms with Crippen LogP contribution in [0.1, 0.15) is 0 Å². The number of anilines is 1. The number of sulfonamides is 1. The average molecular weight is 524 g/mol. The Labute approximate surface area is 206 Å². The van der Waals surface area contributed by atoms with Crippen LogP contribution in [-0.2, 0) is 19.6 Å². The van der Waals surface area contributed by atoms with Gasteiger partial charge >= 0.3 is 0 Å². The lowest BCUT2D eigenvalue weighted by Gasteiger charge is -2.26. The lowest BCUT2D eigenvalue weighted by atomic mass is 10.3. The maximum absolute atomic E-state index is 13.0. The molecule has 3 aromatic rings. The van der Waals surface area contributed by atoms with E-state index in [-0.39, 0.29) is 34.7 Å². The lowest BCUT2D eigenvalue weighted by Crippen LogP contribution is -2.40. The first kappa shape index (κ1) is 24.5. The van der Waals surface area contributed by atoms with Crippen molar-refractivity contribution in [3.8, 4) is 11.4 Å². The minimum Gasteiger partial charge on any atom is -0.495 e. The van der Waals surface area contributed by atoms with Gasteiger partial charge in [0.25, 0.3) is 0 Å². The Bertz CT molecular complexity index is 1280. The molecule has 2 heterocycles. The molecular formula is C21H22ClN5O5S2. The average Bonchev–Trinajstić information content (AvgIpc) is 3.33. The third-order valence-corrected chi connectivity index (χ3v) is 8.32. The van der Waals surface area contributed by atoms with Gasteiger partial charge in [0.1, 0.15) is 17.0 Å². The topological polar surface area (TPSA) is 116 Å². The zero-order chi connectivity index (χ0) is 24.1. The fourth-order valence-electron chi connectivity index (χ4n) is 3.35. The van der Waals surface area contributed by atoms with Gasteiger partial charge in [0, 0.05) is 18.8 Å². The van der Waals surface area contributed by atoms with E-state index < -0.39 is 10.0 Å². The fourth-order valence-corrected chi connectivity index (χ4v) is 5.98. The molecule has 1 fully saturated rings. The number of rotatable bonds is 8. The molecule has 0 spiro atoms. The largest absolute Gasteiger partial charge is 0.495 e. The summed E-state index contributed by atoms with van der Waals surface area (Å²) in [6, 6.07) is 11.8. The summed E-state index contributed by atoms with van der Waals surface area (Å²) in [5.41, 5.74) is 1.07. The maximum atomic E-state index is 13.0. The van der Waals surface area contributed by atoms with Crippen molar-refractivity contribution in [2.45, 2.75) is 10.1 Å². The molecule has 2 aromatic carbocycles. The molecule has 4 rings (SSSR count). The summed E-state index contributed by atoms with van der Waals surface area (Å²) in [5, 5.41) is 11.3. The molecule has 1 aliphatic rings. The van der Waals surface area contributed by atoms with Crippen molar-refractivity contribution in [1.82, 2.24) is 19.1 Å². The van der Waals surface area contributed by atoms with Crippen LogP contribution < -0.4 is 10.1 Å². The fraction of sp³-hybridized carbons (Fsp3) is 0.286. The lowest BCUT2D eigenvalue weighted by molar-refractivity contribution is -0.113. The highest BCUT2D eigenvalue weighted by Gasteiger charge is 2.28. The van der Waals surface area contributed by atoms with Crippen molar-refractivity contribution in [3.05, 3.63) is 53.8 Å². The van der Waals surface area contributed by atoms with Gasteiger partial charge in [-0.15, -0.1) is 10.2 Å². The monoisotopic (exact) mass is 523 g/mol. The molecule has 1 amide bonds. The number of thioether (sulfide) groups is 1. The van der Waals surface area contributed by atoms with Crippen molar-refractivity contribution in [1.29, 1.82) is 0 Å². The van der Waals surface area contributed by atoms with E-state index in [9.17, 15) is 13.2 Å². The summed E-state index contributed by atoms with van der Waals surface area (Å²) in [6.45, 7) is 1.14. The van der Waals surface area contributed by atoms with E-state index in [4.69, 9.17) is 21.1 Å². The van der Waals surface area contributed by atoms with Gasteiger partial charge in [0.05, 0.1) is 36.8 Å². The quantitative estimate of drug-likeness (QED) is 0.448. The van der Waals surface area contributed by atoms with Gasteiger partial charge in [-0.2, -0.15) is 4.31 Å². The molecule has 13 heteroatoms. The molecule has 180 valence electrons. The Morgan fingerprint density at radius 1 is 1.24 bits per heavy atom. The Morgan fingerprint density at radius 2 is 2.00 bits per heavy atom. The van der Waals surface area contributed by atoms with E-state index in [1.54, 1.807) is 24.1 Å². The van der Waals surface area contributed by atoms with Crippen LogP contribution in [0.2, 0.25) is 5.02 Å².